The monoisotopic (exact) mass is 521 g/mol. The van der Waals surface area contributed by atoms with Gasteiger partial charge in [-0.25, -0.2) is 9.97 Å². The maximum Gasteiger partial charge on any atom is 0.183 e. The van der Waals surface area contributed by atoms with Gasteiger partial charge in [-0.3, -0.25) is 0 Å². The fourth-order valence-electron chi connectivity index (χ4n) is 8.84. The number of nitriles is 1. The second-order valence-electron chi connectivity index (χ2n) is 12.2. The summed E-state index contributed by atoms with van der Waals surface area (Å²) in [4.78, 5) is 9.20. The van der Waals surface area contributed by atoms with Crippen LogP contribution < -0.4 is 5.32 Å². The summed E-state index contributed by atoms with van der Waals surface area (Å²) in [5.74, 6) is 2.73. The number of hydrogen-bond acceptors (Lipinski definition) is 6. The van der Waals surface area contributed by atoms with E-state index in [0.29, 0.717) is 23.3 Å². The molecule has 6 nitrogen and oxygen atoms in total. The maximum atomic E-state index is 11.9. The Morgan fingerprint density at radius 3 is 2.84 bits per heavy atom. The summed E-state index contributed by atoms with van der Waals surface area (Å²) in [5.41, 5.74) is 5.45. The van der Waals surface area contributed by atoms with E-state index in [2.05, 4.69) is 45.2 Å². The normalized spacial score (nSPS) is 31.2. The molecule has 3 heterocycles. The van der Waals surface area contributed by atoms with Gasteiger partial charge < -0.3 is 15.0 Å². The quantitative estimate of drug-likeness (QED) is 0.314. The Bertz CT molecular complexity index is 1570. The molecule has 4 bridgehead atoms. The van der Waals surface area contributed by atoms with Crippen molar-refractivity contribution in [3.63, 3.8) is 0 Å². The fraction of sp³-hybridized carbons (Fsp3) is 0.452. The highest BCUT2D eigenvalue weighted by Gasteiger charge is 2.57. The largest absolute Gasteiger partial charge is 0.392 e. The van der Waals surface area contributed by atoms with E-state index in [0.717, 1.165) is 47.1 Å². The van der Waals surface area contributed by atoms with Gasteiger partial charge in [-0.05, 0) is 91.4 Å². The zero-order valence-corrected chi connectivity index (χ0v) is 22.1. The molecule has 0 radical (unpaired) electrons. The molecule has 4 atom stereocenters. The lowest BCUT2D eigenvalue weighted by Gasteiger charge is -2.61. The molecule has 2 aromatic carbocycles. The molecule has 1 aliphatic heterocycles. The smallest absolute Gasteiger partial charge is 0.183 e. The first-order chi connectivity index (χ1) is 18.6. The number of imidazole rings is 1. The van der Waals surface area contributed by atoms with Gasteiger partial charge in [-0.2, -0.15) is 5.26 Å². The lowest BCUT2D eigenvalue weighted by molar-refractivity contribution is -0.147. The van der Waals surface area contributed by atoms with Crippen molar-refractivity contribution in [1.29, 1.82) is 5.26 Å². The average molecular weight is 522 g/mol. The van der Waals surface area contributed by atoms with Gasteiger partial charge >= 0.3 is 0 Å². The van der Waals surface area contributed by atoms with E-state index in [9.17, 15) is 10.4 Å². The lowest BCUT2D eigenvalue weighted by atomic mass is 9.44. The van der Waals surface area contributed by atoms with Gasteiger partial charge in [-0.15, -0.1) is 0 Å². The number of hydrogen-bond donors (Lipinski definition) is 2. The Kier molecular flexibility index (Phi) is 5.02. The molecular weight excluding hydrogens is 490 g/mol. The molecule has 5 aliphatic rings. The van der Waals surface area contributed by atoms with Crippen molar-refractivity contribution in [2.75, 3.05) is 11.9 Å². The second kappa shape index (κ2) is 8.39. The molecule has 0 amide bonds. The summed E-state index contributed by atoms with van der Waals surface area (Å²) in [6.45, 7) is 0.952. The molecule has 7 heteroatoms. The van der Waals surface area contributed by atoms with E-state index < -0.39 is 0 Å². The van der Waals surface area contributed by atoms with Crippen LogP contribution in [0.1, 0.15) is 55.7 Å². The predicted octanol–water partition coefficient (Wildman–Crippen LogP) is 6.24. The van der Waals surface area contributed by atoms with E-state index in [4.69, 9.17) is 4.98 Å². The number of anilines is 1. The van der Waals surface area contributed by atoms with Gasteiger partial charge in [-0.1, -0.05) is 35.6 Å². The Labute approximate surface area is 226 Å². The first-order valence-corrected chi connectivity index (χ1v) is 14.8. The van der Waals surface area contributed by atoms with E-state index >= 15 is 0 Å². The molecule has 2 aromatic heterocycles. The molecule has 2 N–H and O–H groups in total. The first kappa shape index (κ1) is 22.7. The predicted molar refractivity (Wildman–Crippen MR) is 149 cm³/mol. The van der Waals surface area contributed by atoms with Crippen LogP contribution in [0.5, 0.6) is 0 Å². The van der Waals surface area contributed by atoms with Crippen LogP contribution in [0.4, 0.5) is 5.13 Å². The van der Waals surface area contributed by atoms with E-state index in [1.165, 1.54) is 36.1 Å². The average Bonchev–Trinajstić information content (AvgIpc) is 3.63. The standard InChI is InChI=1S/C31H31N5OS/c32-14-18-5-6-25-28(9-18)38-30(35-25)34-15-24-20-7-19-8-21(24)13-31(11-19,12-20)29(37)10-26-22-3-1-2-4-23(22)27-16-33-17-36(26)27/h1-6,9,16-17,19-21,24,26,29,37H,7-8,10-13,15H2,(H,34,35). The number of aliphatic hydroxyl groups is 1. The number of aliphatic hydroxyl groups excluding tert-OH is 1. The van der Waals surface area contributed by atoms with Gasteiger partial charge in [0, 0.05) is 12.1 Å². The molecule has 4 unspecified atom stereocenters. The summed E-state index contributed by atoms with van der Waals surface area (Å²) in [6.07, 6.45) is 10.5. The third-order valence-corrected chi connectivity index (χ3v) is 11.2. The highest BCUT2D eigenvalue weighted by molar-refractivity contribution is 7.22. The van der Waals surface area contributed by atoms with Crippen LogP contribution in [0.2, 0.25) is 0 Å². The Balaban J connectivity index is 0.995. The van der Waals surface area contributed by atoms with Crippen LogP contribution in [-0.4, -0.2) is 32.3 Å². The van der Waals surface area contributed by atoms with Crippen LogP contribution in [0.3, 0.4) is 0 Å². The molecule has 4 saturated carbocycles. The van der Waals surface area contributed by atoms with Crippen molar-refractivity contribution in [3.05, 3.63) is 66.1 Å². The minimum atomic E-state index is -0.297. The van der Waals surface area contributed by atoms with Crippen LogP contribution in [0.25, 0.3) is 21.5 Å². The molecule has 0 saturated heterocycles. The third-order valence-electron chi connectivity index (χ3n) is 10.3. The highest BCUT2D eigenvalue weighted by Crippen LogP contribution is 2.64. The van der Waals surface area contributed by atoms with E-state index in [1.807, 2.05) is 30.7 Å². The number of nitrogens with zero attached hydrogens (tertiary/aromatic N) is 4. The molecular formula is C31H31N5OS. The number of rotatable bonds is 6. The van der Waals surface area contributed by atoms with Crippen molar-refractivity contribution in [2.45, 2.75) is 50.7 Å². The Morgan fingerprint density at radius 1 is 1.16 bits per heavy atom. The van der Waals surface area contributed by atoms with E-state index in [1.54, 1.807) is 11.3 Å². The van der Waals surface area contributed by atoms with Gasteiger partial charge in [0.15, 0.2) is 5.13 Å². The summed E-state index contributed by atoms with van der Waals surface area (Å²) >= 11 is 1.64. The van der Waals surface area contributed by atoms with Crippen LogP contribution in [0.15, 0.2) is 55.0 Å². The van der Waals surface area contributed by atoms with Crippen molar-refractivity contribution < 1.29 is 5.11 Å². The minimum Gasteiger partial charge on any atom is -0.392 e. The zero-order valence-electron chi connectivity index (χ0n) is 21.3. The van der Waals surface area contributed by atoms with Gasteiger partial charge in [0.2, 0.25) is 0 Å². The number of nitrogens with one attached hydrogen (secondary N) is 1. The summed E-state index contributed by atoms with van der Waals surface area (Å²) in [7, 11) is 0. The highest BCUT2D eigenvalue weighted by atomic mass is 32.1. The van der Waals surface area contributed by atoms with Gasteiger partial charge in [0.05, 0.1) is 52.2 Å². The molecule has 4 aromatic rings. The van der Waals surface area contributed by atoms with Gasteiger partial charge in [0.25, 0.3) is 0 Å². The molecule has 9 rings (SSSR count). The topological polar surface area (TPSA) is 86.8 Å². The Hall–Kier alpha value is -3.21. The Morgan fingerprint density at radius 2 is 2.00 bits per heavy atom. The van der Waals surface area contributed by atoms with Crippen molar-refractivity contribution >= 4 is 26.7 Å². The maximum absolute atomic E-state index is 11.9. The van der Waals surface area contributed by atoms with Crippen molar-refractivity contribution in [3.8, 4) is 17.3 Å². The number of fused-ring (bicyclic) bond motifs is 4. The van der Waals surface area contributed by atoms with E-state index in [-0.39, 0.29) is 17.6 Å². The first-order valence-electron chi connectivity index (χ1n) is 13.9. The van der Waals surface area contributed by atoms with Crippen molar-refractivity contribution in [2.24, 2.45) is 29.1 Å². The molecule has 38 heavy (non-hydrogen) atoms. The second-order valence-corrected chi connectivity index (χ2v) is 13.3. The van der Waals surface area contributed by atoms with Gasteiger partial charge in [0.1, 0.15) is 0 Å². The van der Waals surface area contributed by atoms with Crippen LogP contribution in [-0.2, 0) is 0 Å². The van der Waals surface area contributed by atoms with Crippen LogP contribution in [0, 0.1) is 40.4 Å². The number of thiazole rings is 1. The molecule has 4 fully saturated rings. The summed E-state index contributed by atoms with van der Waals surface area (Å²) in [6, 6.07) is 16.7. The number of benzene rings is 2. The summed E-state index contributed by atoms with van der Waals surface area (Å²) in [5, 5.41) is 25.7. The summed E-state index contributed by atoms with van der Waals surface area (Å²) < 4.78 is 3.34. The molecule has 192 valence electrons. The zero-order chi connectivity index (χ0) is 25.4. The van der Waals surface area contributed by atoms with Crippen LogP contribution >= 0.6 is 11.3 Å². The number of aromatic nitrogens is 3. The third kappa shape index (κ3) is 3.40. The fourth-order valence-corrected chi connectivity index (χ4v) is 9.75. The lowest BCUT2D eigenvalue weighted by Crippen LogP contribution is -2.56. The minimum absolute atomic E-state index is 0.0504. The molecule has 0 spiro atoms. The van der Waals surface area contributed by atoms with Crippen molar-refractivity contribution in [1.82, 2.24) is 14.5 Å². The molecule has 4 aliphatic carbocycles. The SMILES string of the molecule is N#Cc1ccc2nc(NCC3C4CC5CC3CC(C(O)CC3c6ccccc6-c6cncn63)(C5)C4)sc2c1.